The minimum Gasteiger partial charge on any atom is -0.492 e. The van der Waals surface area contributed by atoms with Crippen LogP contribution < -0.4 is 10.1 Å². The number of nitrogens with zero attached hydrogens (tertiary/aromatic N) is 3. The summed E-state index contributed by atoms with van der Waals surface area (Å²) in [5, 5.41) is 7.27. The van der Waals surface area contributed by atoms with Gasteiger partial charge in [0.1, 0.15) is 12.4 Å². The van der Waals surface area contributed by atoms with Crippen molar-refractivity contribution < 1.29 is 19.1 Å². The highest BCUT2D eigenvalue weighted by molar-refractivity contribution is 5.91. The maximum Gasteiger partial charge on any atom is 0.309 e. The second-order valence-corrected chi connectivity index (χ2v) is 8.42. The molecule has 180 valence electrons. The van der Waals surface area contributed by atoms with E-state index in [0.29, 0.717) is 19.6 Å². The minimum absolute atomic E-state index is 0.0126. The number of piperidine rings is 1. The van der Waals surface area contributed by atoms with Gasteiger partial charge in [-0.05, 0) is 63.5 Å². The third-order valence-electron chi connectivity index (χ3n) is 5.99. The standard InChI is InChI=1S/C25H36N4O4/c1-4-6-7-24(30)27-20-8-9-23(21(18-20)22-10-13-26-28(22)3)33-17-16-29-14-11-19(12-15-29)25(31)32-5-2/h8-10,13,18-19H,4-7,11-12,14-17H2,1-3H3,(H,27,30). The highest BCUT2D eigenvalue weighted by Gasteiger charge is 2.25. The van der Waals surface area contributed by atoms with E-state index in [-0.39, 0.29) is 17.8 Å². The van der Waals surface area contributed by atoms with Crippen LogP contribution in [0.3, 0.4) is 0 Å². The summed E-state index contributed by atoms with van der Waals surface area (Å²) in [6, 6.07) is 7.67. The normalized spacial score (nSPS) is 14.8. The van der Waals surface area contributed by atoms with Crippen LogP contribution in [0.1, 0.15) is 46.0 Å². The molecule has 3 rings (SSSR count). The highest BCUT2D eigenvalue weighted by atomic mass is 16.5. The van der Waals surface area contributed by atoms with E-state index in [1.807, 2.05) is 38.2 Å². The number of benzene rings is 1. The van der Waals surface area contributed by atoms with Gasteiger partial charge in [-0.3, -0.25) is 19.2 Å². The summed E-state index contributed by atoms with van der Waals surface area (Å²) in [6.07, 6.45) is 5.78. The van der Waals surface area contributed by atoms with Crippen molar-refractivity contribution in [1.82, 2.24) is 14.7 Å². The van der Waals surface area contributed by atoms with E-state index in [1.165, 1.54) is 0 Å². The number of anilines is 1. The number of aryl methyl sites for hydroxylation is 1. The zero-order valence-corrected chi connectivity index (χ0v) is 20.0. The highest BCUT2D eigenvalue weighted by Crippen LogP contribution is 2.32. The average Bonchev–Trinajstić information content (AvgIpc) is 3.24. The van der Waals surface area contributed by atoms with E-state index in [4.69, 9.17) is 9.47 Å². The van der Waals surface area contributed by atoms with Gasteiger partial charge in [0.15, 0.2) is 0 Å². The van der Waals surface area contributed by atoms with Crippen molar-refractivity contribution in [1.29, 1.82) is 0 Å². The van der Waals surface area contributed by atoms with Crippen LogP contribution in [0.25, 0.3) is 11.3 Å². The topological polar surface area (TPSA) is 85.7 Å². The fraction of sp³-hybridized carbons (Fsp3) is 0.560. The van der Waals surface area contributed by atoms with Crippen molar-refractivity contribution in [3.8, 4) is 17.0 Å². The van der Waals surface area contributed by atoms with Gasteiger partial charge in [-0.25, -0.2) is 0 Å². The Labute approximate surface area is 196 Å². The molecule has 0 radical (unpaired) electrons. The molecule has 2 aromatic rings. The monoisotopic (exact) mass is 456 g/mol. The number of nitrogens with one attached hydrogen (secondary N) is 1. The molecular formula is C25H36N4O4. The number of carbonyl (C=O) groups is 2. The van der Waals surface area contributed by atoms with Crippen molar-refractivity contribution in [3.63, 3.8) is 0 Å². The van der Waals surface area contributed by atoms with Crippen LogP contribution in [0.5, 0.6) is 5.75 Å². The average molecular weight is 457 g/mol. The predicted octanol–water partition coefficient (Wildman–Crippen LogP) is 3.87. The maximum atomic E-state index is 12.2. The van der Waals surface area contributed by atoms with E-state index >= 15 is 0 Å². The maximum absolute atomic E-state index is 12.2. The second-order valence-electron chi connectivity index (χ2n) is 8.42. The Morgan fingerprint density at radius 1 is 1.18 bits per heavy atom. The lowest BCUT2D eigenvalue weighted by molar-refractivity contribution is -0.149. The summed E-state index contributed by atoms with van der Waals surface area (Å²) in [6.45, 7) is 7.41. The predicted molar refractivity (Wildman–Crippen MR) is 128 cm³/mol. The van der Waals surface area contributed by atoms with Crippen LogP contribution in [0, 0.1) is 5.92 Å². The molecule has 0 spiro atoms. The first-order valence-corrected chi connectivity index (χ1v) is 12.0. The molecule has 33 heavy (non-hydrogen) atoms. The molecule has 0 bridgehead atoms. The first-order valence-electron chi connectivity index (χ1n) is 12.0. The molecule has 0 unspecified atom stereocenters. The Bertz CT molecular complexity index is 919. The Morgan fingerprint density at radius 3 is 2.64 bits per heavy atom. The van der Waals surface area contributed by atoms with Crippen molar-refractivity contribution in [3.05, 3.63) is 30.5 Å². The van der Waals surface area contributed by atoms with E-state index in [9.17, 15) is 9.59 Å². The molecule has 1 N–H and O–H groups in total. The number of esters is 1. The Hall–Kier alpha value is -2.87. The SMILES string of the molecule is CCCCC(=O)Nc1ccc(OCCN2CCC(C(=O)OCC)CC2)c(-c2ccnn2C)c1. The lowest BCUT2D eigenvalue weighted by Crippen LogP contribution is -2.39. The molecule has 0 atom stereocenters. The van der Waals surface area contributed by atoms with Crippen LogP contribution in [0.2, 0.25) is 0 Å². The fourth-order valence-corrected chi connectivity index (χ4v) is 4.07. The number of rotatable bonds is 11. The minimum atomic E-state index is -0.0731. The third-order valence-corrected chi connectivity index (χ3v) is 5.99. The number of hydrogen-bond donors (Lipinski definition) is 1. The fourth-order valence-electron chi connectivity index (χ4n) is 4.07. The van der Waals surface area contributed by atoms with E-state index in [2.05, 4.69) is 22.2 Å². The summed E-state index contributed by atoms with van der Waals surface area (Å²) in [5.41, 5.74) is 2.56. The van der Waals surface area contributed by atoms with Gasteiger partial charge in [0.05, 0.1) is 18.2 Å². The smallest absolute Gasteiger partial charge is 0.309 e. The van der Waals surface area contributed by atoms with Gasteiger partial charge < -0.3 is 14.8 Å². The molecule has 1 aliphatic heterocycles. The first kappa shape index (κ1) is 24.8. The summed E-state index contributed by atoms with van der Waals surface area (Å²) >= 11 is 0. The number of hydrogen-bond acceptors (Lipinski definition) is 6. The van der Waals surface area contributed by atoms with Gasteiger partial charge in [-0.15, -0.1) is 0 Å². The molecule has 1 saturated heterocycles. The lowest BCUT2D eigenvalue weighted by Gasteiger charge is -2.30. The molecular weight excluding hydrogens is 420 g/mol. The summed E-state index contributed by atoms with van der Waals surface area (Å²) < 4.78 is 13.1. The summed E-state index contributed by atoms with van der Waals surface area (Å²) in [5.74, 6) is 0.717. The number of likely N-dealkylation sites (tertiary alicyclic amines) is 1. The molecule has 1 aliphatic rings. The van der Waals surface area contributed by atoms with Crippen LogP contribution in [0.15, 0.2) is 30.5 Å². The van der Waals surface area contributed by atoms with Crippen LogP contribution in [-0.4, -0.2) is 59.4 Å². The number of amides is 1. The Morgan fingerprint density at radius 2 is 1.97 bits per heavy atom. The Kier molecular flexibility index (Phi) is 9.30. The van der Waals surface area contributed by atoms with E-state index in [0.717, 1.165) is 68.0 Å². The van der Waals surface area contributed by atoms with Crippen LogP contribution in [0.4, 0.5) is 5.69 Å². The van der Waals surface area contributed by atoms with Crippen molar-refractivity contribution in [2.75, 3.05) is 38.2 Å². The van der Waals surface area contributed by atoms with Crippen LogP contribution in [-0.2, 0) is 21.4 Å². The van der Waals surface area contributed by atoms with Gasteiger partial charge >= 0.3 is 5.97 Å². The first-order chi connectivity index (χ1) is 16.0. The molecule has 1 amide bonds. The molecule has 1 aromatic heterocycles. The zero-order chi connectivity index (χ0) is 23.6. The number of aromatic nitrogens is 2. The van der Waals surface area contributed by atoms with E-state index < -0.39 is 0 Å². The summed E-state index contributed by atoms with van der Waals surface area (Å²) in [7, 11) is 1.89. The quantitative estimate of drug-likeness (QED) is 0.517. The van der Waals surface area contributed by atoms with Crippen LogP contribution >= 0.6 is 0 Å². The molecule has 0 aliphatic carbocycles. The molecule has 8 nitrogen and oxygen atoms in total. The van der Waals surface area contributed by atoms with Gasteiger partial charge in [-0.2, -0.15) is 5.10 Å². The zero-order valence-electron chi connectivity index (χ0n) is 20.0. The van der Waals surface area contributed by atoms with Gasteiger partial charge in [0.2, 0.25) is 5.91 Å². The number of carbonyl (C=O) groups excluding carboxylic acids is 2. The van der Waals surface area contributed by atoms with Crippen molar-refractivity contribution >= 4 is 17.6 Å². The lowest BCUT2D eigenvalue weighted by atomic mass is 9.97. The van der Waals surface area contributed by atoms with Crippen molar-refractivity contribution in [2.24, 2.45) is 13.0 Å². The molecule has 1 aromatic carbocycles. The van der Waals surface area contributed by atoms with Gasteiger partial charge in [-0.1, -0.05) is 13.3 Å². The third kappa shape index (κ3) is 7.05. The Balaban J connectivity index is 1.60. The molecule has 0 saturated carbocycles. The second kappa shape index (κ2) is 12.4. The molecule has 2 heterocycles. The largest absolute Gasteiger partial charge is 0.492 e. The number of ether oxygens (including phenoxy) is 2. The van der Waals surface area contributed by atoms with Gasteiger partial charge in [0.25, 0.3) is 0 Å². The number of unbranched alkanes of at least 4 members (excludes halogenated alkanes) is 1. The van der Waals surface area contributed by atoms with Gasteiger partial charge in [0, 0.05) is 37.5 Å². The molecule has 8 heteroatoms. The summed E-state index contributed by atoms with van der Waals surface area (Å²) in [4.78, 5) is 26.4. The molecule has 1 fully saturated rings. The van der Waals surface area contributed by atoms with Crippen molar-refractivity contribution in [2.45, 2.75) is 46.0 Å². The van der Waals surface area contributed by atoms with E-state index in [1.54, 1.807) is 10.9 Å².